The van der Waals surface area contributed by atoms with Crippen LogP contribution in [0.2, 0.25) is 0 Å². The summed E-state index contributed by atoms with van der Waals surface area (Å²) in [5.74, 6) is 0. The SMILES string of the molecule is CCC(O)(CC)[N+](=O)[O-]. The fourth-order valence-electron chi connectivity index (χ4n) is 0.508. The Morgan fingerprint density at radius 2 is 1.89 bits per heavy atom. The molecule has 1 N–H and O–H groups in total. The Balaban J connectivity index is 4.09. The van der Waals surface area contributed by atoms with Crippen LogP contribution in [-0.2, 0) is 0 Å². The van der Waals surface area contributed by atoms with Gasteiger partial charge in [0.2, 0.25) is 0 Å². The molecule has 0 aromatic carbocycles. The molecule has 54 valence electrons. The van der Waals surface area contributed by atoms with Crippen LogP contribution in [0, 0.1) is 10.1 Å². The molecule has 0 bridgehead atoms. The van der Waals surface area contributed by atoms with Crippen LogP contribution in [0.1, 0.15) is 26.7 Å². The second kappa shape index (κ2) is 2.77. The van der Waals surface area contributed by atoms with Gasteiger partial charge in [-0.3, -0.25) is 10.1 Å². The highest BCUT2D eigenvalue weighted by Crippen LogP contribution is 2.13. The highest BCUT2D eigenvalue weighted by molar-refractivity contribution is 4.58. The fourth-order valence-corrected chi connectivity index (χ4v) is 0.508. The van der Waals surface area contributed by atoms with Gasteiger partial charge in [0, 0.05) is 12.8 Å². The summed E-state index contributed by atoms with van der Waals surface area (Å²) in [4.78, 5) is 9.39. The van der Waals surface area contributed by atoms with Crippen molar-refractivity contribution in [2.75, 3.05) is 0 Å². The summed E-state index contributed by atoms with van der Waals surface area (Å²) >= 11 is 0. The van der Waals surface area contributed by atoms with Gasteiger partial charge in [-0.05, 0) is 0 Å². The molecule has 0 aliphatic rings. The average Bonchev–Trinajstić information content (AvgIpc) is 1.86. The van der Waals surface area contributed by atoms with Crippen molar-refractivity contribution in [1.29, 1.82) is 0 Å². The molecule has 9 heavy (non-hydrogen) atoms. The Kier molecular flexibility index (Phi) is 2.58. The molecule has 0 unspecified atom stereocenters. The lowest BCUT2D eigenvalue weighted by atomic mass is 10.1. The van der Waals surface area contributed by atoms with E-state index >= 15 is 0 Å². The first-order valence-electron chi connectivity index (χ1n) is 2.93. The Bertz CT molecular complexity index is 109. The van der Waals surface area contributed by atoms with E-state index in [1.807, 2.05) is 0 Å². The molecule has 4 nitrogen and oxygen atoms in total. The van der Waals surface area contributed by atoms with Crippen molar-refractivity contribution >= 4 is 0 Å². The molecule has 0 aromatic rings. The molecule has 0 saturated carbocycles. The Morgan fingerprint density at radius 1 is 1.56 bits per heavy atom. The number of nitro groups is 1. The molecule has 0 aromatic heterocycles. The van der Waals surface area contributed by atoms with E-state index < -0.39 is 10.6 Å². The van der Waals surface area contributed by atoms with E-state index in [0.29, 0.717) is 0 Å². The van der Waals surface area contributed by atoms with Crippen molar-refractivity contribution in [3.05, 3.63) is 10.1 Å². The Labute approximate surface area is 53.6 Å². The van der Waals surface area contributed by atoms with Crippen LogP contribution in [0.5, 0.6) is 0 Å². The monoisotopic (exact) mass is 133 g/mol. The third kappa shape index (κ3) is 1.64. The van der Waals surface area contributed by atoms with Gasteiger partial charge >= 0.3 is 5.72 Å². The van der Waals surface area contributed by atoms with E-state index in [1.54, 1.807) is 13.8 Å². The van der Waals surface area contributed by atoms with E-state index in [-0.39, 0.29) is 12.8 Å². The zero-order valence-corrected chi connectivity index (χ0v) is 5.63. The number of hydrogen-bond acceptors (Lipinski definition) is 3. The molecule has 0 radical (unpaired) electrons. The zero-order valence-electron chi connectivity index (χ0n) is 5.63. The molecule has 0 rings (SSSR count). The van der Waals surface area contributed by atoms with E-state index in [2.05, 4.69) is 0 Å². The molecule has 0 amide bonds. The number of aliphatic hydroxyl groups is 1. The fraction of sp³-hybridized carbons (Fsp3) is 1.00. The molecular formula is C5H11NO3. The van der Waals surface area contributed by atoms with E-state index in [1.165, 1.54) is 0 Å². The van der Waals surface area contributed by atoms with E-state index in [0.717, 1.165) is 0 Å². The predicted octanol–water partition coefficient (Wildman–Crippen LogP) is 0.772. The third-order valence-electron chi connectivity index (χ3n) is 1.47. The first kappa shape index (κ1) is 8.36. The summed E-state index contributed by atoms with van der Waals surface area (Å²) in [5.41, 5.74) is -1.69. The summed E-state index contributed by atoms with van der Waals surface area (Å²) in [6.07, 6.45) is 0.326. The lowest BCUT2D eigenvalue weighted by Gasteiger charge is -2.13. The Hall–Kier alpha value is -0.640. The van der Waals surface area contributed by atoms with Gasteiger partial charge in [0.05, 0.1) is 4.92 Å². The van der Waals surface area contributed by atoms with Gasteiger partial charge in [0.25, 0.3) is 0 Å². The maximum absolute atomic E-state index is 10.0. The maximum Gasteiger partial charge on any atom is 0.321 e. The Morgan fingerprint density at radius 3 is 1.89 bits per heavy atom. The van der Waals surface area contributed by atoms with Gasteiger partial charge in [-0.25, -0.2) is 0 Å². The molecule has 0 atom stereocenters. The average molecular weight is 133 g/mol. The quantitative estimate of drug-likeness (QED) is 0.351. The van der Waals surface area contributed by atoms with E-state index in [4.69, 9.17) is 5.11 Å². The molecule has 0 heterocycles. The van der Waals surface area contributed by atoms with Crippen LogP contribution >= 0.6 is 0 Å². The second-order valence-electron chi connectivity index (χ2n) is 1.95. The van der Waals surface area contributed by atoms with Crippen molar-refractivity contribution < 1.29 is 10.0 Å². The minimum atomic E-state index is -1.69. The van der Waals surface area contributed by atoms with Crippen molar-refractivity contribution in [1.82, 2.24) is 0 Å². The highest BCUT2D eigenvalue weighted by Gasteiger charge is 2.35. The summed E-state index contributed by atoms with van der Waals surface area (Å²) in [7, 11) is 0. The van der Waals surface area contributed by atoms with Gasteiger partial charge in [-0.1, -0.05) is 13.8 Å². The summed E-state index contributed by atoms with van der Waals surface area (Å²) < 4.78 is 0. The molecule has 0 aliphatic carbocycles. The minimum Gasteiger partial charge on any atom is -0.331 e. The zero-order chi connectivity index (χ0) is 7.49. The van der Waals surface area contributed by atoms with Gasteiger partial charge in [0.1, 0.15) is 0 Å². The third-order valence-corrected chi connectivity index (χ3v) is 1.47. The van der Waals surface area contributed by atoms with Crippen LogP contribution in [0.3, 0.4) is 0 Å². The highest BCUT2D eigenvalue weighted by atomic mass is 16.7. The van der Waals surface area contributed by atoms with Crippen molar-refractivity contribution in [2.24, 2.45) is 0 Å². The number of nitrogens with zero attached hydrogens (tertiary/aromatic N) is 1. The number of hydrogen-bond donors (Lipinski definition) is 1. The van der Waals surface area contributed by atoms with Gasteiger partial charge in [-0.15, -0.1) is 0 Å². The molecular weight excluding hydrogens is 122 g/mol. The molecule has 0 saturated heterocycles. The first-order chi connectivity index (χ1) is 4.06. The molecule has 0 spiro atoms. The minimum absolute atomic E-state index is 0.163. The topological polar surface area (TPSA) is 63.4 Å². The standard InChI is InChI=1S/C5H11NO3/c1-3-5(7,4-2)6(8)9/h7H,3-4H2,1-2H3. The van der Waals surface area contributed by atoms with Gasteiger partial charge in [-0.2, -0.15) is 0 Å². The van der Waals surface area contributed by atoms with Crippen LogP contribution in [0.25, 0.3) is 0 Å². The van der Waals surface area contributed by atoms with Gasteiger partial charge < -0.3 is 5.11 Å². The first-order valence-corrected chi connectivity index (χ1v) is 2.93. The lowest BCUT2D eigenvalue weighted by Crippen LogP contribution is -2.36. The van der Waals surface area contributed by atoms with Crippen molar-refractivity contribution in [2.45, 2.75) is 32.4 Å². The van der Waals surface area contributed by atoms with Crippen molar-refractivity contribution in [3.63, 3.8) is 0 Å². The molecule has 4 heteroatoms. The van der Waals surface area contributed by atoms with Gasteiger partial charge in [0.15, 0.2) is 0 Å². The number of rotatable bonds is 3. The lowest BCUT2D eigenvalue weighted by molar-refractivity contribution is -0.625. The van der Waals surface area contributed by atoms with Crippen LogP contribution in [0.15, 0.2) is 0 Å². The smallest absolute Gasteiger partial charge is 0.321 e. The summed E-state index contributed by atoms with van der Waals surface area (Å²) in [5, 5.41) is 19.0. The normalized spacial score (nSPS) is 11.4. The van der Waals surface area contributed by atoms with Crippen LogP contribution in [0.4, 0.5) is 0 Å². The predicted molar refractivity (Wildman–Crippen MR) is 32.5 cm³/mol. The summed E-state index contributed by atoms with van der Waals surface area (Å²) in [6.45, 7) is 3.18. The maximum atomic E-state index is 10.0. The molecule has 0 fully saturated rings. The van der Waals surface area contributed by atoms with E-state index in [9.17, 15) is 10.1 Å². The second-order valence-corrected chi connectivity index (χ2v) is 1.95. The van der Waals surface area contributed by atoms with Crippen LogP contribution in [-0.4, -0.2) is 15.8 Å². The van der Waals surface area contributed by atoms with Crippen LogP contribution < -0.4 is 0 Å². The van der Waals surface area contributed by atoms with Crippen molar-refractivity contribution in [3.8, 4) is 0 Å². The molecule has 0 aliphatic heterocycles. The largest absolute Gasteiger partial charge is 0.331 e. The summed E-state index contributed by atoms with van der Waals surface area (Å²) in [6, 6.07) is 0.